The molecule has 0 amide bonds. The quantitative estimate of drug-likeness (QED) is 0.274. The standard InChI is InChI=1S/C8H10N4O2S/c1-7-2-4-8(5-3-7)15(13,14)12-11-6-10-9/h2-6H,9H2,1H3/b10-6+,12-11?. The number of hydrogen-bond acceptors (Lipinski definition) is 4. The molecule has 0 radical (unpaired) electrons. The topological polar surface area (TPSA) is 97.2 Å². The Morgan fingerprint density at radius 3 is 2.40 bits per heavy atom. The van der Waals surface area contributed by atoms with Gasteiger partial charge in [-0.25, -0.2) is 0 Å². The van der Waals surface area contributed by atoms with E-state index in [1.165, 1.54) is 12.1 Å². The van der Waals surface area contributed by atoms with Gasteiger partial charge in [-0.15, -0.1) is 5.11 Å². The van der Waals surface area contributed by atoms with E-state index in [1.54, 1.807) is 12.1 Å². The molecule has 0 saturated carbocycles. The van der Waals surface area contributed by atoms with Crippen LogP contribution in [0.4, 0.5) is 0 Å². The molecule has 1 aromatic rings. The summed E-state index contributed by atoms with van der Waals surface area (Å²) in [4.78, 5) is 0.0854. The number of rotatable bonds is 3. The van der Waals surface area contributed by atoms with Gasteiger partial charge in [0.2, 0.25) is 0 Å². The predicted octanol–water partition coefficient (Wildman–Crippen LogP) is 1.04. The molecule has 1 rings (SSSR count). The second-order valence-corrected chi connectivity index (χ2v) is 4.33. The van der Waals surface area contributed by atoms with Gasteiger partial charge >= 0.3 is 0 Å². The lowest BCUT2D eigenvalue weighted by Crippen LogP contribution is -1.95. The van der Waals surface area contributed by atoms with Gasteiger partial charge in [-0.1, -0.05) is 22.2 Å². The van der Waals surface area contributed by atoms with Crippen LogP contribution in [0.5, 0.6) is 0 Å². The third-order valence-corrected chi connectivity index (χ3v) is 2.77. The summed E-state index contributed by atoms with van der Waals surface area (Å²) in [6, 6.07) is 6.28. The lowest BCUT2D eigenvalue weighted by Gasteiger charge is -1.96. The summed E-state index contributed by atoms with van der Waals surface area (Å²) in [6.07, 6.45) is 0.853. The average Bonchev–Trinajstić information content (AvgIpc) is 2.18. The van der Waals surface area contributed by atoms with Gasteiger partial charge < -0.3 is 5.84 Å². The van der Waals surface area contributed by atoms with Crippen LogP contribution < -0.4 is 5.84 Å². The average molecular weight is 226 g/mol. The highest BCUT2D eigenvalue weighted by Crippen LogP contribution is 2.12. The van der Waals surface area contributed by atoms with Crippen LogP contribution in [0.2, 0.25) is 0 Å². The molecule has 0 aliphatic heterocycles. The van der Waals surface area contributed by atoms with Crippen molar-refractivity contribution in [3.8, 4) is 0 Å². The van der Waals surface area contributed by atoms with Crippen molar-refractivity contribution in [3.05, 3.63) is 29.8 Å². The van der Waals surface area contributed by atoms with Gasteiger partial charge in [0.25, 0.3) is 10.0 Å². The Hall–Kier alpha value is -1.76. The van der Waals surface area contributed by atoms with Crippen LogP contribution in [0.15, 0.2) is 43.9 Å². The molecule has 0 aliphatic carbocycles. The molecule has 0 fully saturated rings. The number of hydrazone groups is 1. The number of nitrogens with zero attached hydrogens (tertiary/aromatic N) is 3. The molecule has 0 bridgehead atoms. The SMILES string of the molecule is Cc1ccc(S(=O)(=O)N=N/C=N/N)cc1. The Labute approximate surface area is 87.6 Å². The highest BCUT2D eigenvalue weighted by molar-refractivity contribution is 7.90. The van der Waals surface area contributed by atoms with Crippen LogP contribution in [0.25, 0.3) is 0 Å². The van der Waals surface area contributed by atoms with Gasteiger partial charge in [0, 0.05) is 0 Å². The van der Waals surface area contributed by atoms with Crippen molar-refractivity contribution in [1.82, 2.24) is 0 Å². The monoisotopic (exact) mass is 226 g/mol. The van der Waals surface area contributed by atoms with Crippen molar-refractivity contribution in [3.63, 3.8) is 0 Å². The third kappa shape index (κ3) is 3.13. The van der Waals surface area contributed by atoms with Crippen molar-refractivity contribution < 1.29 is 8.42 Å². The summed E-state index contributed by atoms with van der Waals surface area (Å²) >= 11 is 0. The van der Waals surface area contributed by atoms with E-state index in [2.05, 4.69) is 14.7 Å². The smallest absolute Gasteiger partial charge is 0.299 e. The van der Waals surface area contributed by atoms with E-state index >= 15 is 0 Å². The normalized spacial score (nSPS) is 12.6. The third-order valence-electron chi connectivity index (χ3n) is 1.59. The summed E-state index contributed by atoms with van der Waals surface area (Å²) in [5.41, 5.74) is 0.967. The van der Waals surface area contributed by atoms with Crippen molar-refractivity contribution in [2.45, 2.75) is 11.8 Å². The van der Waals surface area contributed by atoms with Gasteiger partial charge in [-0.05, 0) is 19.1 Å². The molecule has 0 saturated heterocycles. The Morgan fingerprint density at radius 1 is 1.27 bits per heavy atom. The fourth-order valence-corrected chi connectivity index (χ4v) is 1.61. The lowest BCUT2D eigenvalue weighted by molar-refractivity contribution is 0.596. The van der Waals surface area contributed by atoms with E-state index in [-0.39, 0.29) is 4.90 Å². The minimum atomic E-state index is -3.74. The van der Waals surface area contributed by atoms with Crippen LogP contribution in [0.3, 0.4) is 0 Å². The molecule has 2 N–H and O–H groups in total. The van der Waals surface area contributed by atoms with Crippen LogP contribution in [0.1, 0.15) is 5.56 Å². The first kappa shape index (κ1) is 11.3. The summed E-state index contributed by atoms with van der Waals surface area (Å²) in [5.74, 6) is 4.74. The van der Waals surface area contributed by atoms with Crippen LogP contribution >= 0.6 is 0 Å². The Kier molecular flexibility index (Phi) is 3.51. The van der Waals surface area contributed by atoms with Gasteiger partial charge in [0.1, 0.15) is 0 Å². The number of benzene rings is 1. The maximum absolute atomic E-state index is 11.5. The Bertz CT molecular complexity index is 476. The number of sulfonamides is 1. The molecule has 1 aromatic carbocycles. The number of nitrogens with two attached hydrogens (primary N) is 1. The Balaban J connectivity index is 3.01. The molecule has 80 valence electrons. The highest BCUT2D eigenvalue weighted by atomic mass is 32.2. The molecule has 0 heterocycles. The van der Waals surface area contributed by atoms with Crippen LogP contribution in [-0.4, -0.2) is 14.8 Å². The zero-order valence-electron chi connectivity index (χ0n) is 8.03. The first-order valence-electron chi connectivity index (χ1n) is 4.02. The molecular formula is C8H10N4O2S. The predicted molar refractivity (Wildman–Crippen MR) is 55.9 cm³/mol. The maximum Gasteiger partial charge on any atom is 0.299 e. The molecule has 6 nitrogen and oxygen atoms in total. The van der Waals surface area contributed by atoms with Gasteiger partial charge in [0.05, 0.1) is 4.90 Å². The highest BCUT2D eigenvalue weighted by Gasteiger charge is 2.11. The molecule has 0 spiro atoms. The lowest BCUT2D eigenvalue weighted by atomic mass is 10.2. The van der Waals surface area contributed by atoms with Crippen LogP contribution in [-0.2, 0) is 10.0 Å². The van der Waals surface area contributed by atoms with Crippen LogP contribution in [0, 0.1) is 6.92 Å². The van der Waals surface area contributed by atoms with Gasteiger partial charge in [0.15, 0.2) is 6.34 Å². The van der Waals surface area contributed by atoms with E-state index in [0.29, 0.717) is 0 Å². The fourth-order valence-electron chi connectivity index (χ4n) is 0.870. The number of aryl methyl sites for hydroxylation is 1. The largest absolute Gasteiger partial charge is 0.322 e. The molecule has 0 atom stereocenters. The fraction of sp³-hybridized carbons (Fsp3) is 0.125. The summed E-state index contributed by atoms with van der Waals surface area (Å²) in [5, 5.41) is 6.18. The van der Waals surface area contributed by atoms with E-state index in [4.69, 9.17) is 5.84 Å². The summed E-state index contributed by atoms with van der Waals surface area (Å²) in [7, 11) is -3.74. The first-order chi connectivity index (χ1) is 7.06. The zero-order chi connectivity index (χ0) is 11.3. The second-order valence-electron chi connectivity index (χ2n) is 2.75. The number of hydrogen-bond donors (Lipinski definition) is 1. The molecule has 0 unspecified atom stereocenters. The molecule has 0 aromatic heterocycles. The van der Waals surface area contributed by atoms with E-state index < -0.39 is 10.0 Å². The van der Waals surface area contributed by atoms with Gasteiger partial charge in [-0.3, -0.25) is 0 Å². The zero-order valence-corrected chi connectivity index (χ0v) is 8.85. The van der Waals surface area contributed by atoms with E-state index in [0.717, 1.165) is 11.9 Å². The second kappa shape index (κ2) is 4.65. The first-order valence-corrected chi connectivity index (χ1v) is 5.46. The van der Waals surface area contributed by atoms with Crippen molar-refractivity contribution in [1.29, 1.82) is 0 Å². The maximum atomic E-state index is 11.5. The molecule has 0 aliphatic rings. The minimum absolute atomic E-state index is 0.0854. The molecule has 15 heavy (non-hydrogen) atoms. The summed E-state index contributed by atoms with van der Waals surface area (Å²) < 4.78 is 26.0. The van der Waals surface area contributed by atoms with Crippen molar-refractivity contribution in [2.24, 2.45) is 20.6 Å². The van der Waals surface area contributed by atoms with Crippen molar-refractivity contribution in [2.75, 3.05) is 0 Å². The minimum Gasteiger partial charge on any atom is -0.322 e. The van der Waals surface area contributed by atoms with E-state index in [1.807, 2.05) is 6.92 Å². The van der Waals surface area contributed by atoms with Crippen molar-refractivity contribution >= 4 is 16.4 Å². The Morgan fingerprint density at radius 2 is 1.87 bits per heavy atom. The van der Waals surface area contributed by atoms with E-state index in [9.17, 15) is 8.42 Å². The summed E-state index contributed by atoms with van der Waals surface area (Å²) in [6.45, 7) is 1.86. The molecule has 7 heteroatoms. The van der Waals surface area contributed by atoms with Gasteiger partial charge in [-0.2, -0.15) is 13.5 Å². The molecular weight excluding hydrogens is 216 g/mol.